The van der Waals surface area contributed by atoms with Crippen molar-refractivity contribution in [2.45, 2.75) is 10.5 Å². The minimum Gasteiger partial charge on any atom is -0.468 e. The van der Waals surface area contributed by atoms with Gasteiger partial charge in [-0.25, -0.2) is 0 Å². The zero-order chi connectivity index (χ0) is 15.1. The highest BCUT2D eigenvalue weighted by Gasteiger charge is 2.17. The Balaban J connectivity index is 2.61. The van der Waals surface area contributed by atoms with E-state index in [0.717, 1.165) is 0 Å². The van der Waals surface area contributed by atoms with Crippen molar-refractivity contribution >= 4 is 34.5 Å². The monoisotopic (exact) mass is 399 g/mol. The number of alkyl halides is 3. The molecule has 0 aliphatic heterocycles. The Bertz CT molecular complexity index is 484. The molecule has 0 fully saturated rings. The molecule has 1 aromatic carbocycles. The smallest absolute Gasteiger partial charge is 0.387 e. The van der Waals surface area contributed by atoms with E-state index in [1.165, 1.54) is 31.4 Å². The van der Waals surface area contributed by atoms with Crippen LogP contribution < -0.4 is 10.1 Å². The van der Waals surface area contributed by atoms with Crippen LogP contribution in [0, 0.1) is 0 Å². The number of carbonyl (C=O) groups is 2. The number of ether oxygens (including phenoxy) is 2. The number of rotatable bonds is 6. The second-order valence-electron chi connectivity index (χ2n) is 3.61. The summed E-state index contributed by atoms with van der Waals surface area (Å²) in [5.41, 5.74) is 0.164. The number of nitrogens with one attached hydrogen (secondary N) is 1. The van der Waals surface area contributed by atoms with Crippen LogP contribution in [0.5, 0.6) is 5.75 Å². The van der Waals surface area contributed by atoms with Crippen molar-refractivity contribution in [3.05, 3.63) is 29.8 Å². The molecule has 110 valence electrons. The van der Waals surface area contributed by atoms with Crippen LogP contribution >= 0.6 is 22.6 Å². The molecule has 1 amide bonds. The van der Waals surface area contributed by atoms with Crippen LogP contribution in [0.1, 0.15) is 10.4 Å². The molecule has 8 heteroatoms. The molecule has 20 heavy (non-hydrogen) atoms. The fraction of sp³-hybridized carbons (Fsp3) is 0.333. The number of benzene rings is 1. The van der Waals surface area contributed by atoms with Crippen LogP contribution in [0.4, 0.5) is 8.78 Å². The molecule has 0 aliphatic rings. The van der Waals surface area contributed by atoms with Crippen LogP contribution in [-0.2, 0) is 9.53 Å². The van der Waals surface area contributed by atoms with Crippen LogP contribution in [0.15, 0.2) is 24.3 Å². The second kappa shape index (κ2) is 7.98. The minimum absolute atomic E-state index is 0.0754. The van der Waals surface area contributed by atoms with Gasteiger partial charge >= 0.3 is 12.6 Å². The van der Waals surface area contributed by atoms with Gasteiger partial charge in [0, 0.05) is 12.1 Å². The molecule has 0 heterocycles. The predicted molar refractivity (Wildman–Crippen MR) is 75.2 cm³/mol. The lowest BCUT2D eigenvalue weighted by molar-refractivity contribution is -0.139. The number of halogens is 3. The Morgan fingerprint density at radius 2 is 2.10 bits per heavy atom. The number of carbonyl (C=O) groups excluding carboxylic acids is 2. The van der Waals surface area contributed by atoms with Gasteiger partial charge in [-0.2, -0.15) is 8.78 Å². The Hall–Kier alpha value is -1.45. The predicted octanol–water partition coefficient (Wildman–Crippen LogP) is 1.99. The molecule has 0 saturated carbocycles. The number of hydrogen-bond acceptors (Lipinski definition) is 4. The van der Waals surface area contributed by atoms with Gasteiger partial charge in [0.1, 0.15) is 9.67 Å². The summed E-state index contributed by atoms with van der Waals surface area (Å²) in [6.45, 7) is -2.88. The van der Waals surface area contributed by atoms with Crippen molar-refractivity contribution in [1.29, 1.82) is 0 Å². The lowest BCUT2D eigenvalue weighted by Crippen LogP contribution is -2.33. The highest BCUT2D eigenvalue weighted by molar-refractivity contribution is 14.1. The van der Waals surface area contributed by atoms with E-state index >= 15 is 0 Å². The van der Waals surface area contributed by atoms with E-state index < -0.39 is 22.4 Å². The van der Waals surface area contributed by atoms with E-state index in [0.29, 0.717) is 0 Å². The fourth-order valence-electron chi connectivity index (χ4n) is 1.31. The first kappa shape index (κ1) is 16.6. The van der Waals surface area contributed by atoms with Gasteiger partial charge in [-0.1, -0.05) is 28.7 Å². The van der Waals surface area contributed by atoms with Crippen molar-refractivity contribution in [1.82, 2.24) is 5.32 Å². The average Bonchev–Trinajstić information content (AvgIpc) is 2.43. The van der Waals surface area contributed by atoms with Crippen LogP contribution in [0.25, 0.3) is 0 Å². The summed E-state index contributed by atoms with van der Waals surface area (Å²) < 4.78 is 32.3. The zero-order valence-electron chi connectivity index (χ0n) is 10.4. The Morgan fingerprint density at radius 3 is 2.70 bits per heavy atom. The first-order chi connectivity index (χ1) is 9.43. The molecule has 0 aliphatic carbocycles. The standard InChI is InChI=1S/C12H12F2INO4/c1-19-11(18)9(15)6-16-10(17)7-3-2-4-8(5-7)20-12(13)14/h2-5,9,12H,6H2,1H3,(H,16,17). The van der Waals surface area contributed by atoms with E-state index in [2.05, 4.69) is 14.8 Å². The van der Waals surface area contributed by atoms with Crippen LogP contribution in [0.3, 0.4) is 0 Å². The van der Waals surface area contributed by atoms with Crippen molar-refractivity contribution in [2.75, 3.05) is 13.7 Å². The van der Waals surface area contributed by atoms with Gasteiger partial charge in [0.15, 0.2) is 0 Å². The maximum absolute atomic E-state index is 12.1. The van der Waals surface area contributed by atoms with Gasteiger partial charge < -0.3 is 14.8 Å². The summed E-state index contributed by atoms with van der Waals surface area (Å²) in [5.74, 6) is -1.05. The molecule has 1 aromatic rings. The summed E-state index contributed by atoms with van der Waals surface area (Å²) in [5, 5.41) is 2.50. The summed E-state index contributed by atoms with van der Waals surface area (Å²) in [7, 11) is 1.25. The molecule has 0 bridgehead atoms. The Morgan fingerprint density at radius 1 is 1.40 bits per heavy atom. The van der Waals surface area contributed by atoms with Gasteiger partial charge in [0.05, 0.1) is 7.11 Å². The normalized spacial score (nSPS) is 11.8. The Labute approximate surface area is 127 Å². The van der Waals surface area contributed by atoms with E-state index in [4.69, 9.17) is 0 Å². The molecule has 1 rings (SSSR count). The summed E-state index contributed by atoms with van der Waals surface area (Å²) in [6, 6.07) is 5.39. The summed E-state index contributed by atoms with van der Waals surface area (Å²) in [4.78, 5) is 22.9. The molecule has 1 atom stereocenters. The van der Waals surface area contributed by atoms with Gasteiger partial charge in [-0.15, -0.1) is 0 Å². The number of amides is 1. The summed E-state index contributed by atoms with van der Waals surface area (Å²) >= 11 is 1.83. The van der Waals surface area contributed by atoms with E-state index in [1.807, 2.05) is 22.6 Å². The molecule has 0 radical (unpaired) electrons. The topological polar surface area (TPSA) is 64.6 Å². The third-order valence-electron chi connectivity index (χ3n) is 2.22. The molecular formula is C12H12F2INO4. The SMILES string of the molecule is COC(=O)C(I)CNC(=O)c1cccc(OC(F)F)c1. The fourth-order valence-corrected chi connectivity index (χ4v) is 1.78. The van der Waals surface area contributed by atoms with Crippen molar-refractivity contribution in [2.24, 2.45) is 0 Å². The van der Waals surface area contributed by atoms with Crippen LogP contribution in [-0.4, -0.2) is 36.1 Å². The highest BCUT2D eigenvalue weighted by Crippen LogP contribution is 2.16. The van der Waals surface area contributed by atoms with E-state index in [1.54, 1.807) is 0 Å². The molecular weight excluding hydrogens is 387 g/mol. The molecule has 0 saturated heterocycles. The van der Waals surface area contributed by atoms with E-state index in [9.17, 15) is 18.4 Å². The first-order valence-electron chi connectivity index (χ1n) is 5.49. The van der Waals surface area contributed by atoms with Gasteiger partial charge in [-0.3, -0.25) is 9.59 Å². The lowest BCUT2D eigenvalue weighted by atomic mass is 10.2. The number of methoxy groups -OCH3 is 1. The van der Waals surface area contributed by atoms with Crippen LogP contribution in [0.2, 0.25) is 0 Å². The molecule has 5 nitrogen and oxygen atoms in total. The third kappa shape index (κ3) is 5.27. The summed E-state index contributed by atoms with van der Waals surface area (Å²) in [6.07, 6.45) is 0. The highest BCUT2D eigenvalue weighted by atomic mass is 127. The maximum Gasteiger partial charge on any atom is 0.387 e. The Kier molecular flexibility index (Phi) is 6.62. The largest absolute Gasteiger partial charge is 0.468 e. The van der Waals surface area contributed by atoms with Gasteiger partial charge in [0.2, 0.25) is 0 Å². The average molecular weight is 399 g/mol. The van der Waals surface area contributed by atoms with Crippen molar-refractivity contribution < 1.29 is 27.8 Å². The minimum atomic E-state index is -2.95. The molecule has 0 spiro atoms. The first-order valence-corrected chi connectivity index (χ1v) is 6.73. The lowest BCUT2D eigenvalue weighted by Gasteiger charge is -2.10. The maximum atomic E-state index is 12.1. The van der Waals surface area contributed by atoms with Gasteiger partial charge in [0.25, 0.3) is 5.91 Å². The zero-order valence-corrected chi connectivity index (χ0v) is 12.6. The molecule has 1 unspecified atom stereocenters. The van der Waals surface area contributed by atoms with Crippen molar-refractivity contribution in [3.8, 4) is 5.75 Å². The third-order valence-corrected chi connectivity index (χ3v) is 3.17. The van der Waals surface area contributed by atoms with Gasteiger partial charge in [-0.05, 0) is 18.2 Å². The quantitative estimate of drug-likeness (QED) is 0.452. The second-order valence-corrected chi connectivity index (χ2v) is 5.11. The number of esters is 1. The number of hydrogen-bond donors (Lipinski definition) is 1. The molecule has 0 aromatic heterocycles. The molecule has 1 N–H and O–H groups in total. The van der Waals surface area contributed by atoms with E-state index in [-0.39, 0.29) is 17.9 Å². The van der Waals surface area contributed by atoms with Crippen molar-refractivity contribution in [3.63, 3.8) is 0 Å².